The van der Waals surface area contributed by atoms with Gasteiger partial charge in [-0.3, -0.25) is 0 Å². The van der Waals surface area contributed by atoms with Crippen molar-refractivity contribution < 1.29 is 13.5 Å². The zero-order valence-corrected chi connectivity index (χ0v) is 12.2. The Morgan fingerprint density at radius 1 is 1.39 bits per heavy atom. The number of rotatable bonds is 7. The van der Waals surface area contributed by atoms with Crippen molar-refractivity contribution >= 4 is 15.9 Å². The minimum atomic E-state index is -0.536. The van der Waals surface area contributed by atoms with E-state index in [9.17, 15) is 8.78 Å². The summed E-state index contributed by atoms with van der Waals surface area (Å²) in [5, 5.41) is 3.01. The lowest BCUT2D eigenvalue weighted by Crippen LogP contribution is -2.33. The Labute approximate surface area is 115 Å². The van der Waals surface area contributed by atoms with Crippen LogP contribution in [0, 0.1) is 11.6 Å². The standard InChI is InChI=1S/C13H18BrF2NO/c1-3-6-18-8-9(17-2)7-10-12(15)5-4-11(14)13(10)16/h4-5,9,17H,3,6-8H2,1-2H3. The molecular formula is C13H18BrF2NO. The van der Waals surface area contributed by atoms with Crippen molar-refractivity contribution in [2.75, 3.05) is 20.3 Å². The fraction of sp³-hybridized carbons (Fsp3) is 0.538. The predicted molar refractivity (Wildman–Crippen MR) is 71.7 cm³/mol. The third-order valence-electron chi connectivity index (χ3n) is 2.67. The zero-order valence-electron chi connectivity index (χ0n) is 10.6. The molecule has 0 radical (unpaired) electrons. The highest BCUT2D eigenvalue weighted by Gasteiger charge is 2.16. The smallest absolute Gasteiger partial charge is 0.143 e. The third kappa shape index (κ3) is 4.30. The molecule has 0 amide bonds. The molecule has 1 aromatic carbocycles. The van der Waals surface area contributed by atoms with Gasteiger partial charge in [0.2, 0.25) is 0 Å². The first kappa shape index (κ1) is 15.5. The molecule has 0 bridgehead atoms. The first-order valence-corrected chi connectivity index (χ1v) is 6.76. The van der Waals surface area contributed by atoms with Crippen LogP contribution in [0.5, 0.6) is 0 Å². The van der Waals surface area contributed by atoms with Crippen molar-refractivity contribution in [1.82, 2.24) is 5.32 Å². The maximum Gasteiger partial charge on any atom is 0.143 e. The third-order valence-corrected chi connectivity index (χ3v) is 3.28. The molecule has 0 spiro atoms. The summed E-state index contributed by atoms with van der Waals surface area (Å²) in [6, 6.07) is 2.54. The molecule has 0 fully saturated rings. The minimum absolute atomic E-state index is 0.0869. The largest absolute Gasteiger partial charge is 0.380 e. The van der Waals surface area contributed by atoms with Gasteiger partial charge >= 0.3 is 0 Å². The highest BCUT2D eigenvalue weighted by molar-refractivity contribution is 9.10. The molecule has 0 saturated heterocycles. The van der Waals surface area contributed by atoms with E-state index in [2.05, 4.69) is 21.2 Å². The number of hydrogen-bond donors (Lipinski definition) is 1. The van der Waals surface area contributed by atoms with E-state index in [0.29, 0.717) is 13.2 Å². The molecule has 18 heavy (non-hydrogen) atoms. The molecular weight excluding hydrogens is 304 g/mol. The van der Waals surface area contributed by atoms with E-state index in [4.69, 9.17) is 4.74 Å². The Morgan fingerprint density at radius 3 is 2.72 bits per heavy atom. The van der Waals surface area contributed by atoms with Crippen molar-refractivity contribution in [2.24, 2.45) is 0 Å². The first-order chi connectivity index (χ1) is 8.60. The number of halogens is 3. The second-order valence-electron chi connectivity index (χ2n) is 4.09. The number of nitrogens with one attached hydrogen (secondary N) is 1. The molecule has 0 aliphatic rings. The van der Waals surface area contributed by atoms with Crippen LogP contribution in [0.4, 0.5) is 8.78 Å². The van der Waals surface area contributed by atoms with Gasteiger partial charge in [0.25, 0.3) is 0 Å². The van der Waals surface area contributed by atoms with Crippen LogP contribution in [-0.4, -0.2) is 26.3 Å². The maximum absolute atomic E-state index is 13.8. The lowest BCUT2D eigenvalue weighted by Gasteiger charge is -2.17. The molecule has 1 N–H and O–H groups in total. The zero-order chi connectivity index (χ0) is 13.5. The van der Waals surface area contributed by atoms with Crippen molar-refractivity contribution in [3.05, 3.63) is 33.8 Å². The summed E-state index contributed by atoms with van der Waals surface area (Å²) >= 11 is 3.06. The van der Waals surface area contributed by atoms with E-state index in [-0.39, 0.29) is 22.5 Å². The van der Waals surface area contributed by atoms with Gasteiger partial charge < -0.3 is 10.1 Å². The summed E-state index contributed by atoms with van der Waals surface area (Å²) < 4.78 is 33.1. The van der Waals surface area contributed by atoms with Crippen LogP contribution in [0.2, 0.25) is 0 Å². The molecule has 0 heterocycles. The van der Waals surface area contributed by atoms with Gasteiger partial charge in [-0.25, -0.2) is 8.78 Å². The number of likely N-dealkylation sites (N-methyl/N-ethyl adjacent to an activating group) is 1. The lowest BCUT2D eigenvalue weighted by molar-refractivity contribution is 0.113. The van der Waals surface area contributed by atoms with Crippen LogP contribution in [-0.2, 0) is 11.2 Å². The average molecular weight is 322 g/mol. The Balaban J connectivity index is 2.72. The number of hydrogen-bond acceptors (Lipinski definition) is 2. The summed E-state index contributed by atoms with van der Waals surface area (Å²) in [6.45, 7) is 3.11. The maximum atomic E-state index is 13.8. The molecule has 1 aromatic rings. The molecule has 5 heteroatoms. The Hall–Kier alpha value is -0.520. The van der Waals surface area contributed by atoms with Crippen molar-refractivity contribution in [2.45, 2.75) is 25.8 Å². The monoisotopic (exact) mass is 321 g/mol. The fourth-order valence-corrected chi connectivity index (χ4v) is 1.99. The van der Waals surface area contributed by atoms with Gasteiger partial charge in [-0.15, -0.1) is 0 Å². The summed E-state index contributed by atoms with van der Waals surface area (Å²) in [7, 11) is 1.76. The van der Waals surface area contributed by atoms with Crippen molar-refractivity contribution in [3.8, 4) is 0 Å². The summed E-state index contributed by atoms with van der Waals surface area (Å²) in [4.78, 5) is 0. The quantitative estimate of drug-likeness (QED) is 0.614. The number of ether oxygens (including phenoxy) is 1. The van der Waals surface area contributed by atoms with Crippen molar-refractivity contribution in [1.29, 1.82) is 0 Å². The molecule has 0 saturated carbocycles. The van der Waals surface area contributed by atoms with Gasteiger partial charge in [0, 0.05) is 18.2 Å². The SMILES string of the molecule is CCCOCC(Cc1c(F)ccc(Br)c1F)NC. The summed E-state index contributed by atoms with van der Waals surface area (Å²) in [6.07, 6.45) is 1.19. The Morgan fingerprint density at radius 2 is 2.11 bits per heavy atom. The Bertz CT molecular complexity index is 387. The summed E-state index contributed by atoms with van der Waals surface area (Å²) in [5.74, 6) is -1.06. The molecule has 2 nitrogen and oxygen atoms in total. The van der Waals surface area contributed by atoms with Gasteiger partial charge in [-0.2, -0.15) is 0 Å². The second-order valence-corrected chi connectivity index (χ2v) is 4.94. The molecule has 1 unspecified atom stereocenters. The van der Waals surface area contributed by atoms with E-state index in [1.807, 2.05) is 6.92 Å². The van der Waals surface area contributed by atoms with Crippen molar-refractivity contribution in [3.63, 3.8) is 0 Å². The van der Waals surface area contributed by atoms with E-state index in [0.717, 1.165) is 6.42 Å². The van der Waals surface area contributed by atoms with Gasteiger partial charge in [-0.1, -0.05) is 6.92 Å². The van der Waals surface area contributed by atoms with E-state index >= 15 is 0 Å². The van der Waals surface area contributed by atoms with Crippen LogP contribution in [0.1, 0.15) is 18.9 Å². The van der Waals surface area contributed by atoms with Gasteiger partial charge in [-0.05, 0) is 48.0 Å². The minimum Gasteiger partial charge on any atom is -0.380 e. The highest BCUT2D eigenvalue weighted by Crippen LogP contribution is 2.22. The average Bonchev–Trinajstić information content (AvgIpc) is 2.37. The van der Waals surface area contributed by atoms with Crippen LogP contribution in [0.15, 0.2) is 16.6 Å². The topological polar surface area (TPSA) is 21.3 Å². The van der Waals surface area contributed by atoms with E-state index in [1.165, 1.54) is 12.1 Å². The van der Waals surface area contributed by atoms with Crippen LogP contribution in [0.25, 0.3) is 0 Å². The van der Waals surface area contributed by atoms with Crippen LogP contribution < -0.4 is 5.32 Å². The number of benzene rings is 1. The second kappa shape index (κ2) is 7.81. The lowest BCUT2D eigenvalue weighted by atomic mass is 10.1. The van der Waals surface area contributed by atoms with Gasteiger partial charge in [0.15, 0.2) is 0 Å². The summed E-state index contributed by atoms with van der Waals surface area (Å²) in [5.41, 5.74) is 0.0869. The highest BCUT2D eigenvalue weighted by atomic mass is 79.9. The molecule has 102 valence electrons. The van der Waals surface area contributed by atoms with Gasteiger partial charge in [0.05, 0.1) is 11.1 Å². The molecule has 0 aliphatic carbocycles. The fourth-order valence-electron chi connectivity index (χ4n) is 1.62. The van der Waals surface area contributed by atoms with Crippen LogP contribution >= 0.6 is 15.9 Å². The van der Waals surface area contributed by atoms with Crippen LogP contribution in [0.3, 0.4) is 0 Å². The molecule has 1 rings (SSSR count). The molecule has 1 atom stereocenters. The first-order valence-electron chi connectivity index (χ1n) is 5.97. The predicted octanol–water partition coefficient (Wildman–Crippen LogP) is 3.28. The normalized spacial score (nSPS) is 12.7. The Kier molecular flexibility index (Phi) is 6.75. The van der Waals surface area contributed by atoms with E-state index in [1.54, 1.807) is 7.05 Å². The molecule has 0 aliphatic heterocycles. The molecule has 0 aromatic heterocycles. The van der Waals surface area contributed by atoms with E-state index < -0.39 is 11.6 Å². The van der Waals surface area contributed by atoms with Gasteiger partial charge in [0.1, 0.15) is 11.6 Å².